The fraction of sp³-hybridized carbons (Fsp3) is 0.467. The molecule has 23 heavy (non-hydrogen) atoms. The Labute approximate surface area is 134 Å². The summed E-state index contributed by atoms with van der Waals surface area (Å²) in [6, 6.07) is 4.55. The van der Waals surface area contributed by atoms with E-state index >= 15 is 0 Å². The van der Waals surface area contributed by atoms with Gasteiger partial charge >= 0.3 is 0 Å². The zero-order valence-corrected chi connectivity index (χ0v) is 13.6. The van der Waals surface area contributed by atoms with Gasteiger partial charge in [-0.25, -0.2) is 8.42 Å². The summed E-state index contributed by atoms with van der Waals surface area (Å²) in [6.07, 6.45) is 0.465. The third-order valence-corrected chi connectivity index (χ3v) is 5.86. The summed E-state index contributed by atoms with van der Waals surface area (Å²) in [6.45, 7) is 2.21. The van der Waals surface area contributed by atoms with E-state index in [4.69, 9.17) is 4.74 Å². The van der Waals surface area contributed by atoms with Crippen molar-refractivity contribution in [3.05, 3.63) is 23.8 Å². The second-order valence-corrected chi connectivity index (χ2v) is 7.92. The number of hydrogen-bond donors (Lipinski definition) is 1. The lowest BCUT2D eigenvalue weighted by Gasteiger charge is -2.27. The van der Waals surface area contributed by atoms with Crippen molar-refractivity contribution in [2.75, 3.05) is 30.0 Å². The monoisotopic (exact) mass is 338 g/mol. The molecule has 1 atom stereocenters. The number of benzene rings is 1. The minimum atomic E-state index is -3.06. The Balaban J connectivity index is 1.84. The van der Waals surface area contributed by atoms with Crippen molar-refractivity contribution in [3.63, 3.8) is 0 Å². The van der Waals surface area contributed by atoms with E-state index in [9.17, 15) is 18.0 Å². The minimum Gasteiger partial charge on any atom is -0.482 e. The van der Waals surface area contributed by atoms with E-state index in [-0.39, 0.29) is 36.0 Å². The number of hydrogen-bond acceptors (Lipinski definition) is 5. The van der Waals surface area contributed by atoms with Gasteiger partial charge in [-0.15, -0.1) is 0 Å². The van der Waals surface area contributed by atoms with Crippen molar-refractivity contribution >= 4 is 27.3 Å². The Kier molecular flexibility index (Phi) is 4.01. The van der Waals surface area contributed by atoms with Crippen LogP contribution in [0.3, 0.4) is 0 Å². The predicted octanol–water partition coefficient (Wildman–Crippen LogP) is 0.667. The quantitative estimate of drug-likeness (QED) is 0.874. The highest BCUT2D eigenvalue weighted by atomic mass is 32.2. The van der Waals surface area contributed by atoms with Crippen LogP contribution in [0.25, 0.3) is 0 Å². The maximum atomic E-state index is 12.7. The number of sulfone groups is 1. The molecule has 2 aliphatic heterocycles. The van der Waals surface area contributed by atoms with Gasteiger partial charge in [-0.2, -0.15) is 0 Å². The largest absolute Gasteiger partial charge is 0.482 e. The number of ether oxygens (including phenoxy) is 1. The van der Waals surface area contributed by atoms with E-state index in [0.29, 0.717) is 30.0 Å². The standard InChI is InChI=1S/C15H18N2O5S/c1-2-17(11-5-6-23(20,21)9-11)15(19)10-3-4-13-12(7-10)16-14(18)8-22-13/h3-4,7,11H,2,5-6,8-9H2,1H3,(H,16,18). The number of carbonyl (C=O) groups is 2. The van der Waals surface area contributed by atoms with E-state index in [1.807, 2.05) is 6.92 Å². The lowest BCUT2D eigenvalue weighted by Crippen LogP contribution is -2.41. The van der Waals surface area contributed by atoms with Crippen molar-refractivity contribution < 1.29 is 22.7 Å². The van der Waals surface area contributed by atoms with Crippen LogP contribution in [0.1, 0.15) is 23.7 Å². The van der Waals surface area contributed by atoms with Gasteiger partial charge in [0.2, 0.25) is 0 Å². The number of nitrogens with zero attached hydrogens (tertiary/aromatic N) is 1. The Morgan fingerprint density at radius 3 is 2.87 bits per heavy atom. The van der Waals surface area contributed by atoms with E-state index < -0.39 is 9.84 Å². The average molecular weight is 338 g/mol. The first-order chi connectivity index (χ1) is 10.9. The Bertz CT molecular complexity index is 759. The van der Waals surface area contributed by atoms with E-state index in [2.05, 4.69) is 5.32 Å². The molecule has 124 valence electrons. The molecular weight excluding hydrogens is 320 g/mol. The Morgan fingerprint density at radius 1 is 1.43 bits per heavy atom. The van der Waals surface area contributed by atoms with Crippen LogP contribution in [0.2, 0.25) is 0 Å². The molecule has 1 aromatic carbocycles. The van der Waals surface area contributed by atoms with Gasteiger partial charge in [0.15, 0.2) is 16.4 Å². The number of nitrogens with one attached hydrogen (secondary N) is 1. The van der Waals surface area contributed by atoms with Gasteiger partial charge in [0.25, 0.3) is 11.8 Å². The first-order valence-corrected chi connectivity index (χ1v) is 9.30. The third kappa shape index (κ3) is 3.17. The zero-order chi connectivity index (χ0) is 16.6. The molecule has 0 radical (unpaired) electrons. The molecule has 3 rings (SSSR count). The number of rotatable bonds is 3. The molecule has 1 aromatic rings. The molecule has 7 nitrogen and oxygen atoms in total. The van der Waals surface area contributed by atoms with E-state index in [0.717, 1.165) is 0 Å². The fourth-order valence-corrected chi connectivity index (χ4v) is 4.70. The highest BCUT2D eigenvalue weighted by Gasteiger charge is 2.34. The lowest BCUT2D eigenvalue weighted by molar-refractivity contribution is -0.118. The van der Waals surface area contributed by atoms with Crippen LogP contribution >= 0.6 is 0 Å². The summed E-state index contributed by atoms with van der Waals surface area (Å²) >= 11 is 0. The Hall–Kier alpha value is -2.09. The summed E-state index contributed by atoms with van der Waals surface area (Å²) in [5.74, 6) is 0.147. The maximum absolute atomic E-state index is 12.7. The second kappa shape index (κ2) is 5.84. The molecule has 1 fully saturated rings. The van der Waals surface area contributed by atoms with Crippen LogP contribution in [0, 0.1) is 0 Å². The predicted molar refractivity (Wildman–Crippen MR) is 84.3 cm³/mol. The van der Waals surface area contributed by atoms with Crippen LogP contribution in [0.4, 0.5) is 5.69 Å². The van der Waals surface area contributed by atoms with Gasteiger partial charge in [0.1, 0.15) is 5.75 Å². The van der Waals surface area contributed by atoms with Crippen molar-refractivity contribution in [3.8, 4) is 5.75 Å². The normalized spacial score (nSPS) is 22.0. The topological polar surface area (TPSA) is 92.8 Å². The maximum Gasteiger partial charge on any atom is 0.262 e. The molecule has 2 aliphatic rings. The molecule has 2 amide bonds. The SMILES string of the molecule is CCN(C(=O)c1ccc2c(c1)NC(=O)CO2)C1CCS(=O)(=O)C1. The molecule has 1 saturated heterocycles. The van der Waals surface area contributed by atoms with Crippen molar-refractivity contribution in [1.82, 2.24) is 4.90 Å². The first-order valence-electron chi connectivity index (χ1n) is 7.47. The van der Waals surface area contributed by atoms with Gasteiger partial charge < -0.3 is 15.0 Å². The van der Waals surface area contributed by atoms with Gasteiger partial charge in [-0.3, -0.25) is 9.59 Å². The summed E-state index contributed by atoms with van der Waals surface area (Å²) in [4.78, 5) is 25.7. The highest BCUT2D eigenvalue weighted by Crippen LogP contribution is 2.29. The third-order valence-electron chi connectivity index (χ3n) is 4.11. The van der Waals surface area contributed by atoms with Crippen LogP contribution in [-0.4, -0.2) is 55.8 Å². The van der Waals surface area contributed by atoms with Crippen LogP contribution in [-0.2, 0) is 14.6 Å². The molecule has 2 heterocycles. The van der Waals surface area contributed by atoms with Crippen LogP contribution < -0.4 is 10.1 Å². The van der Waals surface area contributed by atoms with Crippen molar-refractivity contribution in [2.45, 2.75) is 19.4 Å². The number of fused-ring (bicyclic) bond motifs is 1. The van der Waals surface area contributed by atoms with E-state index in [1.165, 1.54) is 0 Å². The van der Waals surface area contributed by atoms with Crippen molar-refractivity contribution in [2.24, 2.45) is 0 Å². The second-order valence-electron chi connectivity index (χ2n) is 5.70. The van der Waals surface area contributed by atoms with Crippen molar-refractivity contribution in [1.29, 1.82) is 0 Å². The van der Waals surface area contributed by atoms with Gasteiger partial charge in [-0.1, -0.05) is 0 Å². The molecule has 1 unspecified atom stereocenters. The van der Waals surface area contributed by atoms with Gasteiger partial charge in [0.05, 0.1) is 17.2 Å². The van der Waals surface area contributed by atoms with Crippen LogP contribution in [0.15, 0.2) is 18.2 Å². The zero-order valence-electron chi connectivity index (χ0n) is 12.7. The molecule has 1 N–H and O–H groups in total. The molecule has 0 bridgehead atoms. The number of carbonyl (C=O) groups excluding carboxylic acids is 2. The first kappa shape index (κ1) is 15.8. The summed E-state index contributed by atoms with van der Waals surface area (Å²) in [7, 11) is -3.06. The Morgan fingerprint density at radius 2 is 2.22 bits per heavy atom. The van der Waals surface area contributed by atoms with Crippen LogP contribution in [0.5, 0.6) is 5.75 Å². The molecule has 0 spiro atoms. The van der Waals surface area contributed by atoms with Gasteiger partial charge in [0, 0.05) is 18.2 Å². The smallest absolute Gasteiger partial charge is 0.262 e. The molecule has 8 heteroatoms. The minimum absolute atomic E-state index is 0.0113. The number of anilines is 1. The molecule has 0 aliphatic carbocycles. The van der Waals surface area contributed by atoms with E-state index in [1.54, 1.807) is 23.1 Å². The molecule has 0 saturated carbocycles. The number of amides is 2. The highest BCUT2D eigenvalue weighted by molar-refractivity contribution is 7.91. The molecular formula is C15H18N2O5S. The summed E-state index contributed by atoms with van der Waals surface area (Å²) < 4.78 is 28.6. The summed E-state index contributed by atoms with van der Waals surface area (Å²) in [5.41, 5.74) is 0.864. The lowest BCUT2D eigenvalue weighted by atomic mass is 10.1. The fourth-order valence-electron chi connectivity index (χ4n) is 2.97. The average Bonchev–Trinajstić information content (AvgIpc) is 2.87. The van der Waals surface area contributed by atoms with Gasteiger partial charge in [-0.05, 0) is 31.5 Å². The molecule has 0 aromatic heterocycles. The summed E-state index contributed by atoms with van der Waals surface area (Å²) in [5, 5.41) is 2.66.